The predicted octanol–water partition coefficient (Wildman–Crippen LogP) is 2.27. The molecule has 14 heteroatoms. The molecule has 0 radical (unpaired) electrons. The van der Waals surface area contributed by atoms with Gasteiger partial charge in [0.15, 0.2) is 11.3 Å². The molecule has 2 aliphatic heterocycles. The van der Waals surface area contributed by atoms with Crippen molar-refractivity contribution in [3.63, 3.8) is 0 Å². The van der Waals surface area contributed by atoms with Crippen LogP contribution in [0.5, 0.6) is 0 Å². The summed E-state index contributed by atoms with van der Waals surface area (Å²) in [6.07, 6.45) is 7.04. The zero-order valence-electron chi connectivity index (χ0n) is 19.9. The van der Waals surface area contributed by atoms with Crippen molar-refractivity contribution < 1.29 is 9.47 Å². The topological polar surface area (TPSA) is 124 Å². The van der Waals surface area contributed by atoms with Gasteiger partial charge in [-0.05, 0) is 48.9 Å². The fourth-order valence-electron chi connectivity index (χ4n) is 4.46. The lowest BCUT2D eigenvalue weighted by Gasteiger charge is -2.22. The second-order valence-electron chi connectivity index (χ2n) is 8.88. The Morgan fingerprint density at radius 2 is 1.19 bits per heavy atom. The standard InChI is InChI=1S/2C11H13ClN4O2/c2*1-15-10(17)8-5-13-16(9(8)14-11(15)12)7-3-2-4-18-6-7/h2*5,7H,2-4,6H2,1H3/t2*7-/m10/s1. The normalized spacial score (nSPS) is 20.4. The van der Waals surface area contributed by atoms with E-state index < -0.39 is 0 Å². The maximum Gasteiger partial charge on any atom is 0.265 e. The summed E-state index contributed by atoms with van der Waals surface area (Å²) >= 11 is 11.9. The van der Waals surface area contributed by atoms with Crippen LogP contribution < -0.4 is 11.1 Å². The maximum atomic E-state index is 12.0. The largest absolute Gasteiger partial charge is 0.379 e. The summed E-state index contributed by atoms with van der Waals surface area (Å²) in [5.74, 6) is 0. The Morgan fingerprint density at radius 1 is 0.778 bits per heavy atom. The van der Waals surface area contributed by atoms with Crippen LogP contribution in [0.15, 0.2) is 22.0 Å². The first kappa shape index (κ1) is 24.9. The fraction of sp³-hybridized carbons (Fsp3) is 0.545. The molecule has 0 aliphatic carbocycles. The molecule has 2 atom stereocenters. The van der Waals surface area contributed by atoms with E-state index in [4.69, 9.17) is 32.7 Å². The van der Waals surface area contributed by atoms with E-state index in [2.05, 4.69) is 20.2 Å². The SMILES string of the molecule is Cn1c(Cl)nc2c(cnn2[C@@H]2CCCOC2)c1=O.Cn1c(Cl)nc2c(cnn2[C@H]2CCCOC2)c1=O. The first-order valence-corrected chi connectivity index (χ1v) is 12.5. The quantitative estimate of drug-likeness (QED) is 0.357. The molecule has 4 aromatic heterocycles. The molecule has 0 N–H and O–H groups in total. The van der Waals surface area contributed by atoms with E-state index in [1.807, 2.05) is 0 Å². The van der Waals surface area contributed by atoms with Gasteiger partial charge in [-0.2, -0.15) is 20.2 Å². The third-order valence-corrected chi connectivity index (χ3v) is 7.20. The average molecular weight is 537 g/mol. The first-order chi connectivity index (χ1) is 17.4. The summed E-state index contributed by atoms with van der Waals surface area (Å²) < 4.78 is 17.0. The number of halogens is 2. The highest BCUT2D eigenvalue weighted by atomic mass is 35.5. The Bertz CT molecular complexity index is 1400. The molecule has 0 unspecified atom stereocenters. The van der Waals surface area contributed by atoms with E-state index in [1.54, 1.807) is 35.9 Å². The molecule has 4 aromatic rings. The smallest absolute Gasteiger partial charge is 0.265 e. The monoisotopic (exact) mass is 536 g/mol. The van der Waals surface area contributed by atoms with E-state index in [1.165, 1.54) is 9.13 Å². The van der Waals surface area contributed by atoms with Crippen molar-refractivity contribution in [2.45, 2.75) is 37.8 Å². The lowest BCUT2D eigenvalue weighted by molar-refractivity contribution is 0.0562. The van der Waals surface area contributed by atoms with Gasteiger partial charge in [0.1, 0.15) is 10.8 Å². The highest BCUT2D eigenvalue weighted by Gasteiger charge is 2.22. The Balaban J connectivity index is 0.000000148. The van der Waals surface area contributed by atoms with Crippen LogP contribution in [0, 0.1) is 0 Å². The number of rotatable bonds is 2. The van der Waals surface area contributed by atoms with Crippen molar-refractivity contribution in [1.82, 2.24) is 38.7 Å². The molecule has 192 valence electrons. The molecule has 12 nitrogen and oxygen atoms in total. The van der Waals surface area contributed by atoms with Crippen LogP contribution in [-0.4, -0.2) is 65.1 Å². The van der Waals surface area contributed by atoms with Crippen molar-refractivity contribution in [2.24, 2.45) is 14.1 Å². The van der Waals surface area contributed by atoms with E-state index in [-0.39, 0.29) is 33.8 Å². The van der Waals surface area contributed by atoms with Gasteiger partial charge in [0, 0.05) is 27.3 Å². The van der Waals surface area contributed by atoms with Crippen LogP contribution in [-0.2, 0) is 23.6 Å². The number of fused-ring (bicyclic) bond motifs is 2. The van der Waals surface area contributed by atoms with Gasteiger partial charge in [-0.1, -0.05) is 0 Å². The van der Waals surface area contributed by atoms with Crippen molar-refractivity contribution in [2.75, 3.05) is 26.4 Å². The van der Waals surface area contributed by atoms with Gasteiger partial charge in [0.05, 0.1) is 37.7 Å². The Kier molecular flexibility index (Phi) is 7.11. The molecule has 0 saturated carbocycles. The highest BCUT2D eigenvalue weighted by molar-refractivity contribution is 6.29. The van der Waals surface area contributed by atoms with Gasteiger partial charge in [0.2, 0.25) is 10.6 Å². The van der Waals surface area contributed by atoms with E-state index in [0.29, 0.717) is 35.3 Å². The molecule has 0 spiro atoms. The van der Waals surface area contributed by atoms with Crippen LogP contribution in [0.1, 0.15) is 37.8 Å². The van der Waals surface area contributed by atoms with Crippen molar-refractivity contribution in [3.8, 4) is 0 Å². The van der Waals surface area contributed by atoms with Gasteiger partial charge in [0.25, 0.3) is 11.1 Å². The van der Waals surface area contributed by atoms with Gasteiger partial charge in [-0.25, -0.2) is 9.36 Å². The minimum Gasteiger partial charge on any atom is -0.379 e. The fourth-order valence-corrected chi connectivity index (χ4v) is 4.77. The number of nitrogens with zero attached hydrogens (tertiary/aromatic N) is 8. The van der Waals surface area contributed by atoms with E-state index in [0.717, 1.165) is 38.9 Å². The van der Waals surface area contributed by atoms with Crippen LogP contribution in [0.2, 0.25) is 10.6 Å². The van der Waals surface area contributed by atoms with Crippen LogP contribution in [0.3, 0.4) is 0 Å². The van der Waals surface area contributed by atoms with E-state index >= 15 is 0 Å². The molecular weight excluding hydrogens is 511 g/mol. The average Bonchev–Trinajstić information content (AvgIpc) is 3.52. The Hall–Kier alpha value is -2.80. The summed E-state index contributed by atoms with van der Waals surface area (Å²) in [4.78, 5) is 32.5. The van der Waals surface area contributed by atoms with Gasteiger partial charge < -0.3 is 9.47 Å². The lowest BCUT2D eigenvalue weighted by Crippen LogP contribution is -2.23. The summed E-state index contributed by atoms with van der Waals surface area (Å²) in [5.41, 5.74) is 0.734. The summed E-state index contributed by atoms with van der Waals surface area (Å²) in [7, 11) is 3.19. The Labute approximate surface area is 215 Å². The number of hydrogen-bond donors (Lipinski definition) is 0. The van der Waals surface area contributed by atoms with Gasteiger partial charge in [-0.15, -0.1) is 0 Å². The minimum absolute atomic E-state index is 0.131. The molecule has 36 heavy (non-hydrogen) atoms. The van der Waals surface area contributed by atoms with Crippen LogP contribution >= 0.6 is 23.2 Å². The number of ether oxygens (including phenoxy) is 2. The lowest BCUT2D eigenvalue weighted by atomic mass is 10.1. The molecule has 6 heterocycles. The van der Waals surface area contributed by atoms with Crippen molar-refractivity contribution >= 4 is 45.3 Å². The Morgan fingerprint density at radius 3 is 1.56 bits per heavy atom. The zero-order chi connectivity index (χ0) is 25.4. The predicted molar refractivity (Wildman–Crippen MR) is 134 cm³/mol. The molecule has 0 bridgehead atoms. The van der Waals surface area contributed by atoms with Crippen molar-refractivity contribution in [1.29, 1.82) is 0 Å². The molecule has 0 aromatic carbocycles. The first-order valence-electron chi connectivity index (χ1n) is 11.7. The van der Waals surface area contributed by atoms with Gasteiger partial charge in [-0.3, -0.25) is 18.7 Å². The minimum atomic E-state index is -0.173. The highest BCUT2D eigenvalue weighted by Crippen LogP contribution is 2.23. The summed E-state index contributed by atoms with van der Waals surface area (Å²) in [6.45, 7) is 2.77. The third-order valence-electron chi connectivity index (χ3n) is 6.52. The number of hydrogen-bond acceptors (Lipinski definition) is 8. The van der Waals surface area contributed by atoms with Crippen molar-refractivity contribution in [3.05, 3.63) is 43.7 Å². The molecule has 2 fully saturated rings. The van der Waals surface area contributed by atoms with Gasteiger partial charge >= 0.3 is 0 Å². The van der Waals surface area contributed by atoms with E-state index in [9.17, 15) is 9.59 Å². The summed E-state index contributed by atoms with van der Waals surface area (Å²) in [5, 5.41) is 9.86. The molecule has 0 amide bonds. The van der Waals surface area contributed by atoms with Crippen LogP contribution in [0.4, 0.5) is 0 Å². The molecule has 6 rings (SSSR count). The summed E-state index contributed by atoms with van der Waals surface area (Å²) in [6, 6.07) is 0.263. The molecule has 2 aliphatic rings. The molecular formula is C22H26Cl2N8O4. The zero-order valence-corrected chi connectivity index (χ0v) is 21.4. The number of aromatic nitrogens is 8. The second kappa shape index (κ2) is 10.3. The second-order valence-corrected chi connectivity index (χ2v) is 9.56. The third kappa shape index (κ3) is 4.54. The maximum absolute atomic E-state index is 12.0. The molecule has 2 saturated heterocycles. The van der Waals surface area contributed by atoms with Crippen LogP contribution in [0.25, 0.3) is 22.1 Å².